The van der Waals surface area contributed by atoms with Gasteiger partial charge in [0.1, 0.15) is 0 Å². The van der Waals surface area contributed by atoms with Gasteiger partial charge in [0.15, 0.2) is 5.82 Å². The molecule has 0 bridgehead atoms. The predicted octanol–water partition coefficient (Wildman–Crippen LogP) is -0.349. The van der Waals surface area contributed by atoms with Crippen LogP contribution in [0.3, 0.4) is 0 Å². The lowest BCUT2D eigenvalue weighted by Gasteiger charge is -2.06. The number of methoxy groups -OCH3 is 1. The minimum absolute atomic E-state index is 0.429. The molecular formula is C8H10N6O. The zero-order chi connectivity index (χ0) is 10.7. The Labute approximate surface area is 85.7 Å². The summed E-state index contributed by atoms with van der Waals surface area (Å²) in [7, 11) is 1.56. The van der Waals surface area contributed by atoms with Gasteiger partial charge in [-0.05, 0) is 5.56 Å². The Balaban J connectivity index is 2.22. The van der Waals surface area contributed by atoms with Crippen molar-refractivity contribution < 1.29 is 4.74 Å². The Bertz CT molecular complexity index is 411. The SMILES string of the molecule is COc1ccc(C(N)c2nn[nH]n2)cn1. The lowest BCUT2D eigenvalue weighted by atomic mass is 10.1. The molecule has 0 radical (unpaired) electrons. The van der Waals surface area contributed by atoms with Crippen molar-refractivity contribution >= 4 is 0 Å². The summed E-state index contributed by atoms with van der Waals surface area (Å²) in [6.45, 7) is 0. The minimum Gasteiger partial charge on any atom is -0.481 e. The molecule has 2 aromatic heterocycles. The number of nitrogens with zero attached hydrogens (tertiary/aromatic N) is 4. The summed E-state index contributed by atoms with van der Waals surface area (Å²) in [4.78, 5) is 4.04. The molecule has 0 aliphatic rings. The van der Waals surface area contributed by atoms with E-state index in [4.69, 9.17) is 10.5 Å². The number of hydrogen-bond donors (Lipinski definition) is 2. The maximum absolute atomic E-state index is 5.89. The molecule has 0 aromatic carbocycles. The van der Waals surface area contributed by atoms with Crippen LogP contribution in [0.15, 0.2) is 18.3 Å². The number of pyridine rings is 1. The molecule has 0 aliphatic heterocycles. The van der Waals surface area contributed by atoms with E-state index in [-0.39, 0.29) is 0 Å². The third-order valence-corrected chi connectivity index (χ3v) is 1.97. The lowest BCUT2D eigenvalue weighted by Crippen LogP contribution is -2.14. The number of nitrogens with two attached hydrogens (primary N) is 1. The van der Waals surface area contributed by atoms with Gasteiger partial charge >= 0.3 is 0 Å². The molecule has 2 heterocycles. The molecule has 0 saturated carbocycles. The number of tetrazole rings is 1. The Kier molecular flexibility index (Phi) is 2.55. The van der Waals surface area contributed by atoms with Gasteiger partial charge in [-0.3, -0.25) is 0 Å². The van der Waals surface area contributed by atoms with Crippen LogP contribution in [0.5, 0.6) is 5.88 Å². The van der Waals surface area contributed by atoms with Crippen molar-refractivity contribution in [2.24, 2.45) is 5.73 Å². The second kappa shape index (κ2) is 4.01. The van der Waals surface area contributed by atoms with Crippen molar-refractivity contribution in [2.75, 3.05) is 7.11 Å². The van der Waals surface area contributed by atoms with Crippen molar-refractivity contribution in [1.82, 2.24) is 25.6 Å². The van der Waals surface area contributed by atoms with Crippen molar-refractivity contribution in [3.8, 4) is 5.88 Å². The fourth-order valence-corrected chi connectivity index (χ4v) is 1.15. The molecular weight excluding hydrogens is 196 g/mol. The molecule has 0 amide bonds. The summed E-state index contributed by atoms with van der Waals surface area (Å²) >= 11 is 0. The Morgan fingerprint density at radius 3 is 2.87 bits per heavy atom. The summed E-state index contributed by atoms with van der Waals surface area (Å²) < 4.78 is 4.94. The standard InChI is InChI=1S/C8H10N6O/c1-15-6-3-2-5(4-10-6)7(9)8-11-13-14-12-8/h2-4,7H,9H2,1H3,(H,11,12,13,14). The fraction of sp³-hybridized carbons (Fsp3) is 0.250. The van der Waals surface area contributed by atoms with E-state index in [0.29, 0.717) is 11.7 Å². The highest BCUT2D eigenvalue weighted by atomic mass is 16.5. The van der Waals surface area contributed by atoms with Crippen LogP contribution in [0.25, 0.3) is 0 Å². The first-order valence-corrected chi connectivity index (χ1v) is 4.30. The van der Waals surface area contributed by atoms with E-state index < -0.39 is 6.04 Å². The first-order chi connectivity index (χ1) is 7.31. The van der Waals surface area contributed by atoms with Crippen molar-refractivity contribution in [3.63, 3.8) is 0 Å². The van der Waals surface area contributed by atoms with Gasteiger partial charge < -0.3 is 10.5 Å². The Hall–Kier alpha value is -2.02. The summed E-state index contributed by atoms with van der Waals surface area (Å²) in [5.74, 6) is 0.973. The Morgan fingerprint density at radius 2 is 2.33 bits per heavy atom. The summed E-state index contributed by atoms with van der Waals surface area (Å²) in [6, 6.07) is 3.12. The average Bonchev–Trinajstić information content (AvgIpc) is 2.82. The van der Waals surface area contributed by atoms with Gasteiger partial charge in [0, 0.05) is 12.3 Å². The zero-order valence-corrected chi connectivity index (χ0v) is 8.08. The number of rotatable bonds is 3. The van der Waals surface area contributed by atoms with Crippen molar-refractivity contribution in [1.29, 1.82) is 0 Å². The number of ether oxygens (including phenoxy) is 1. The van der Waals surface area contributed by atoms with Crippen LogP contribution in [0.1, 0.15) is 17.4 Å². The topological polar surface area (TPSA) is 103 Å². The monoisotopic (exact) mass is 206 g/mol. The van der Waals surface area contributed by atoms with Crippen molar-refractivity contribution in [3.05, 3.63) is 29.7 Å². The van der Waals surface area contributed by atoms with E-state index >= 15 is 0 Å². The average molecular weight is 206 g/mol. The van der Waals surface area contributed by atoms with E-state index in [1.807, 2.05) is 6.07 Å². The summed E-state index contributed by atoms with van der Waals surface area (Å²) in [6.07, 6.45) is 1.62. The molecule has 15 heavy (non-hydrogen) atoms. The predicted molar refractivity (Wildman–Crippen MR) is 51.0 cm³/mol. The van der Waals surface area contributed by atoms with Gasteiger partial charge in [0.05, 0.1) is 13.2 Å². The van der Waals surface area contributed by atoms with Gasteiger partial charge in [0.2, 0.25) is 5.88 Å². The Morgan fingerprint density at radius 1 is 1.47 bits per heavy atom. The number of aromatic nitrogens is 5. The molecule has 0 saturated heterocycles. The van der Waals surface area contributed by atoms with Gasteiger partial charge in [-0.2, -0.15) is 5.21 Å². The van der Waals surface area contributed by atoms with Crippen LogP contribution in [0, 0.1) is 0 Å². The molecule has 3 N–H and O–H groups in total. The van der Waals surface area contributed by atoms with Gasteiger partial charge in [0.25, 0.3) is 0 Å². The normalized spacial score (nSPS) is 12.4. The molecule has 0 fully saturated rings. The number of nitrogens with one attached hydrogen (secondary N) is 1. The van der Waals surface area contributed by atoms with Crippen LogP contribution >= 0.6 is 0 Å². The third-order valence-electron chi connectivity index (χ3n) is 1.97. The number of H-pyrrole nitrogens is 1. The van der Waals surface area contributed by atoms with E-state index in [1.165, 1.54) is 0 Å². The lowest BCUT2D eigenvalue weighted by molar-refractivity contribution is 0.397. The van der Waals surface area contributed by atoms with Crippen LogP contribution in [0.2, 0.25) is 0 Å². The highest BCUT2D eigenvalue weighted by Crippen LogP contribution is 2.16. The van der Waals surface area contributed by atoms with E-state index in [2.05, 4.69) is 25.6 Å². The molecule has 1 unspecified atom stereocenters. The molecule has 0 aliphatic carbocycles. The second-order valence-corrected chi connectivity index (χ2v) is 2.88. The summed E-state index contributed by atoms with van der Waals surface area (Å²) in [5, 5.41) is 13.4. The van der Waals surface area contributed by atoms with Crippen LogP contribution in [0.4, 0.5) is 0 Å². The van der Waals surface area contributed by atoms with Gasteiger partial charge in [-0.25, -0.2) is 4.98 Å². The second-order valence-electron chi connectivity index (χ2n) is 2.88. The van der Waals surface area contributed by atoms with E-state index in [9.17, 15) is 0 Å². The third kappa shape index (κ3) is 1.91. The van der Waals surface area contributed by atoms with Gasteiger partial charge in [-0.15, -0.1) is 10.2 Å². The van der Waals surface area contributed by atoms with E-state index in [1.54, 1.807) is 19.4 Å². The van der Waals surface area contributed by atoms with Crippen LogP contribution in [-0.4, -0.2) is 32.7 Å². The highest BCUT2D eigenvalue weighted by Gasteiger charge is 2.13. The fourth-order valence-electron chi connectivity index (χ4n) is 1.15. The van der Waals surface area contributed by atoms with Crippen molar-refractivity contribution in [2.45, 2.75) is 6.04 Å². The van der Waals surface area contributed by atoms with E-state index in [0.717, 1.165) is 5.56 Å². The minimum atomic E-state index is -0.429. The van der Waals surface area contributed by atoms with Crippen LogP contribution < -0.4 is 10.5 Å². The molecule has 78 valence electrons. The maximum Gasteiger partial charge on any atom is 0.212 e. The smallest absolute Gasteiger partial charge is 0.212 e. The summed E-state index contributed by atoms with van der Waals surface area (Å²) in [5.41, 5.74) is 6.69. The largest absolute Gasteiger partial charge is 0.481 e. The highest BCUT2D eigenvalue weighted by molar-refractivity contribution is 5.24. The molecule has 0 spiro atoms. The first-order valence-electron chi connectivity index (χ1n) is 4.30. The molecule has 2 aromatic rings. The molecule has 7 heteroatoms. The number of aromatic amines is 1. The number of hydrogen-bond acceptors (Lipinski definition) is 6. The van der Waals surface area contributed by atoms with Crippen LogP contribution in [-0.2, 0) is 0 Å². The molecule has 7 nitrogen and oxygen atoms in total. The molecule has 2 rings (SSSR count). The first kappa shape index (κ1) is 9.53. The van der Waals surface area contributed by atoms with Gasteiger partial charge in [-0.1, -0.05) is 11.3 Å². The maximum atomic E-state index is 5.89. The quantitative estimate of drug-likeness (QED) is 0.711. The molecule has 1 atom stereocenters. The zero-order valence-electron chi connectivity index (χ0n) is 8.08.